The molecule has 39 heavy (non-hydrogen) atoms. The quantitative estimate of drug-likeness (QED) is 0.242. The number of amides is 1. The van der Waals surface area contributed by atoms with E-state index in [4.69, 9.17) is 4.98 Å². The average molecular weight is 518 g/mol. The van der Waals surface area contributed by atoms with E-state index in [1.54, 1.807) is 42.9 Å². The topological polar surface area (TPSA) is 112 Å². The molecule has 3 N–H and O–H groups in total. The number of H-pyrrole nitrogens is 2. The fourth-order valence-electron chi connectivity index (χ4n) is 5.39. The predicted molar refractivity (Wildman–Crippen MR) is 148 cm³/mol. The van der Waals surface area contributed by atoms with Crippen molar-refractivity contribution in [1.82, 2.24) is 30.1 Å². The first-order valence-corrected chi connectivity index (χ1v) is 13.0. The minimum Gasteiger partial charge on any atom is -0.324 e. The number of halogens is 1. The zero-order chi connectivity index (χ0) is 26.3. The Morgan fingerprint density at radius 1 is 0.974 bits per heavy atom. The summed E-state index contributed by atoms with van der Waals surface area (Å²) in [5.74, 6) is 0.350. The van der Waals surface area contributed by atoms with Crippen LogP contribution in [0.25, 0.3) is 55.8 Å². The van der Waals surface area contributed by atoms with Crippen LogP contribution in [0.5, 0.6) is 0 Å². The minimum absolute atomic E-state index is 0.0623. The second kappa shape index (κ2) is 9.43. The molecule has 0 unspecified atom stereocenters. The van der Waals surface area contributed by atoms with Gasteiger partial charge in [-0.25, -0.2) is 14.4 Å². The van der Waals surface area contributed by atoms with Crippen molar-refractivity contribution in [1.29, 1.82) is 0 Å². The molecule has 0 atom stereocenters. The molecule has 0 bridgehead atoms. The van der Waals surface area contributed by atoms with Crippen molar-refractivity contribution in [3.63, 3.8) is 0 Å². The lowest BCUT2D eigenvalue weighted by molar-refractivity contribution is -0.119. The van der Waals surface area contributed by atoms with Gasteiger partial charge in [-0.05, 0) is 48.7 Å². The minimum atomic E-state index is -0.320. The van der Waals surface area contributed by atoms with Crippen LogP contribution in [0.15, 0.2) is 73.2 Å². The highest BCUT2D eigenvalue weighted by Crippen LogP contribution is 2.34. The maximum atomic E-state index is 14.6. The maximum Gasteiger partial charge on any atom is 0.227 e. The molecule has 1 amide bonds. The summed E-state index contributed by atoms with van der Waals surface area (Å²) in [5.41, 5.74) is 6.19. The number of imidazole rings is 1. The van der Waals surface area contributed by atoms with E-state index in [9.17, 15) is 9.18 Å². The SMILES string of the molecule is O=C(Nc1cncc(-c2ccc3[nH]nc(-c4nc5c(-c6ccccc6F)ccnc5[nH]4)c3c2)c1)C1CCCC1. The summed E-state index contributed by atoms with van der Waals surface area (Å²) < 4.78 is 14.6. The molecule has 192 valence electrons. The number of hydrogen-bond acceptors (Lipinski definition) is 5. The Balaban J connectivity index is 1.25. The Kier molecular flexibility index (Phi) is 5.61. The van der Waals surface area contributed by atoms with Gasteiger partial charge in [0.1, 0.15) is 17.0 Å². The van der Waals surface area contributed by atoms with Crippen LogP contribution in [0.3, 0.4) is 0 Å². The number of carbonyl (C=O) groups excluding carboxylic acids is 1. The molecule has 0 radical (unpaired) electrons. The van der Waals surface area contributed by atoms with E-state index in [1.165, 1.54) is 6.07 Å². The Bertz CT molecular complexity index is 1850. The molecule has 0 spiro atoms. The third kappa shape index (κ3) is 4.21. The van der Waals surface area contributed by atoms with Gasteiger partial charge >= 0.3 is 0 Å². The van der Waals surface area contributed by atoms with Crippen LogP contribution in [0.4, 0.5) is 10.1 Å². The van der Waals surface area contributed by atoms with Gasteiger partial charge in [0.2, 0.25) is 5.91 Å². The van der Waals surface area contributed by atoms with Gasteiger partial charge < -0.3 is 10.3 Å². The highest BCUT2D eigenvalue weighted by atomic mass is 19.1. The molecule has 1 saturated carbocycles. The number of anilines is 1. The lowest BCUT2D eigenvalue weighted by atomic mass is 10.0. The molecule has 9 heteroatoms. The second-order valence-corrected chi connectivity index (χ2v) is 9.89. The van der Waals surface area contributed by atoms with Gasteiger partial charge in [0, 0.05) is 40.4 Å². The zero-order valence-electron chi connectivity index (χ0n) is 20.9. The molecule has 4 heterocycles. The van der Waals surface area contributed by atoms with Crippen LogP contribution in [-0.2, 0) is 4.79 Å². The van der Waals surface area contributed by atoms with Crippen LogP contribution in [0.1, 0.15) is 25.7 Å². The van der Waals surface area contributed by atoms with Crippen molar-refractivity contribution >= 4 is 33.7 Å². The molecule has 1 aliphatic carbocycles. The Morgan fingerprint density at radius 2 is 1.85 bits per heavy atom. The summed E-state index contributed by atoms with van der Waals surface area (Å²) in [6.45, 7) is 0. The maximum absolute atomic E-state index is 14.6. The summed E-state index contributed by atoms with van der Waals surface area (Å²) >= 11 is 0. The molecule has 0 saturated heterocycles. The van der Waals surface area contributed by atoms with Gasteiger partial charge in [0.15, 0.2) is 11.5 Å². The molecular formula is C30H24FN7O. The number of aromatic amines is 2. The van der Waals surface area contributed by atoms with Crippen molar-refractivity contribution in [3.8, 4) is 33.8 Å². The lowest BCUT2D eigenvalue weighted by Crippen LogP contribution is -2.20. The smallest absolute Gasteiger partial charge is 0.227 e. The van der Waals surface area contributed by atoms with E-state index in [0.717, 1.165) is 47.7 Å². The largest absolute Gasteiger partial charge is 0.324 e. The van der Waals surface area contributed by atoms with Crippen LogP contribution in [0.2, 0.25) is 0 Å². The summed E-state index contributed by atoms with van der Waals surface area (Å²) in [6.07, 6.45) is 9.18. The first-order chi connectivity index (χ1) is 19.1. The zero-order valence-corrected chi connectivity index (χ0v) is 20.9. The third-order valence-electron chi connectivity index (χ3n) is 7.40. The standard InChI is InChI=1S/C30H24FN7O/c31-24-8-4-3-7-21(24)22-11-12-33-28-26(22)35-29(36-28)27-23-14-18(9-10-25(23)37-38-27)19-13-20(16-32-15-19)34-30(39)17-5-1-2-6-17/h3-4,7-17H,1-2,5-6H2,(H,34,39)(H,37,38)(H,33,35,36). The molecule has 6 aromatic rings. The van der Waals surface area contributed by atoms with E-state index in [2.05, 4.69) is 30.5 Å². The summed E-state index contributed by atoms with van der Waals surface area (Å²) in [4.78, 5) is 29.4. The number of pyridine rings is 2. The van der Waals surface area contributed by atoms with Gasteiger partial charge in [-0.2, -0.15) is 5.10 Å². The van der Waals surface area contributed by atoms with E-state index in [1.807, 2.05) is 24.3 Å². The number of nitrogens with one attached hydrogen (secondary N) is 3. The van der Waals surface area contributed by atoms with Gasteiger partial charge in [0.05, 0.1) is 17.4 Å². The number of carbonyl (C=O) groups is 1. The molecule has 1 aliphatic rings. The Hall–Kier alpha value is -4.92. The number of aromatic nitrogens is 6. The molecule has 7 rings (SSSR count). The number of hydrogen-bond donors (Lipinski definition) is 3. The first-order valence-electron chi connectivity index (χ1n) is 13.0. The fourth-order valence-corrected chi connectivity index (χ4v) is 5.39. The summed E-state index contributed by atoms with van der Waals surface area (Å²) in [7, 11) is 0. The molecule has 0 aliphatic heterocycles. The van der Waals surface area contributed by atoms with Crippen molar-refractivity contribution in [2.24, 2.45) is 5.92 Å². The van der Waals surface area contributed by atoms with Gasteiger partial charge in [-0.15, -0.1) is 0 Å². The van der Waals surface area contributed by atoms with Crippen LogP contribution >= 0.6 is 0 Å². The third-order valence-corrected chi connectivity index (χ3v) is 7.40. The summed E-state index contributed by atoms with van der Waals surface area (Å²) in [5, 5.41) is 11.5. The van der Waals surface area contributed by atoms with Crippen molar-refractivity contribution in [2.45, 2.75) is 25.7 Å². The molecule has 8 nitrogen and oxygen atoms in total. The number of benzene rings is 2. The lowest BCUT2D eigenvalue weighted by Gasteiger charge is -2.11. The van der Waals surface area contributed by atoms with E-state index in [0.29, 0.717) is 39.5 Å². The summed E-state index contributed by atoms with van der Waals surface area (Å²) in [6, 6.07) is 16.3. The monoisotopic (exact) mass is 517 g/mol. The van der Waals surface area contributed by atoms with Gasteiger partial charge in [0.25, 0.3) is 0 Å². The normalized spacial score (nSPS) is 13.9. The molecule has 1 fully saturated rings. The van der Waals surface area contributed by atoms with Gasteiger partial charge in [-0.1, -0.05) is 37.1 Å². The Labute approximate surface area is 222 Å². The molecular weight excluding hydrogens is 493 g/mol. The van der Waals surface area contributed by atoms with Gasteiger partial charge in [-0.3, -0.25) is 14.9 Å². The van der Waals surface area contributed by atoms with E-state index in [-0.39, 0.29) is 17.6 Å². The van der Waals surface area contributed by atoms with Crippen molar-refractivity contribution in [3.05, 3.63) is 79.0 Å². The number of fused-ring (bicyclic) bond motifs is 2. The molecule has 4 aromatic heterocycles. The number of rotatable bonds is 5. The van der Waals surface area contributed by atoms with Crippen molar-refractivity contribution < 1.29 is 9.18 Å². The van der Waals surface area contributed by atoms with Crippen molar-refractivity contribution in [2.75, 3.05) is 5.32 Å². The second-order valence-electron chi connectivity index (χ2n) is 9.89. The van der Waals surface area contributed by atoms with E-state index >= 15 is 0 Å². The fraction of sp³-hybridized carbons (Fsp3) is 0.167. The Morgan fingerprint density at radius 3 is 2.72 bits per heavy atom. The van der Waals surface area contributed by atoms with Crippen LogP contribution in [0, 0.1) is 11.7 Å². The van der Waals surface area contributed by atoms with E-state index < -0.39 is 0 Å². The number of nitrogens with zero attached hydrogens (tertiary/aromatic N) is 4. The van der Waals surface area contributed by atoms with Crippen LogP contribution < -0.4 is 5.32 Å². The highest BCUT2D eigenvalue weighted by molar-refractivity contribution is 5.98. The first kappa shape index (κ1) is 23.2. The average Bonchev–Trinajstić information content (AvgIpc) is 3.73. The predicted octanol–water partition coefficient (Wildman–Crippen LogP) is 6.50. The van der Waals surface area contributed by atoms with Crippen LogP contribution in [-0.4, -0.2) is 36.0 Å². The highest BCUT2D eigenvalue weighted by Gasteiger charge is 2.23. The molecule has 2 aromatic carbocycles.